The molecule has 0 unspecified atom stereocenters. The zero-order valence-electron chi connectivity index (χ0n) is 10.7. The van der Waals surface area contributed by atoms with Crippen LogP contribution in [0.1, 0.15) is 12.8 Å². The number of nitrogens with zero attached hydrogens (tertiary/aromatic N) is 1. The van der Waals surface area contributed by atoms with E-state index in [1.165, 1.54) is 26.2 Å². The van der Waals surface area contributed by atoms with Gasteiger partial charge in [0, 0.05) is 25.7 Å². The van der Waals surface area contributed by atoms with Crippen LogP contribution in [0, 0.1) is 5.92 Å². The van der Waals surface area contributed by atoms with Gasteiger partial charge in [0.2, 0.25) is 15.9 Å². The van der Waals surface area contributed by atoms with E-state index in [1.54, 1.807) is 6.07 Å². The number of nitrogens with one attached hydrogen (secondary N) is 1. The maximum absolute atomic E-state index is 12.1. The third kappa shape index (κ3) is 3.08. The van der Waals surface area contributed by atoms with Crippen molar-refractivity contribution in [3.05, 3.63) is 23.2 Å². The molecule has 1 aromatic rings. The molecule has 1 aliphatic rings. The monoisotopic (exact) mass is 302 g/mol. The van der Waals surface area contributed by atoms with Gasteiger partial charge in [-0.25, -0.2) is 12.7 Å². The molecular weight excluding hydrogens is 288 g/mol. The Labute approximate surface area is 117 Å². The smallest absolute Gasteiger partial charge is 0.244 e. The van der Waals surface area contributed by atoms with Gasteiger partial charge >= 0.3 is 0 Å². The fourth-order valence-electron chi connectivity index (χ4n) is 1.57. The van der Waals surface area contributed by atoms with Gasteiger partial charge in [-0.1, -0.05) is 11.6 Å². The number of hydrogen-bond acceptors (Lipinski definition) is 3. The molecule has 0 spiro atoms. The van der Waals surface area contributed by atoms with Crippen LogP contribution in [0.4, 0.5) is 5.69 Å². The lowest BCUT2D eigenvalue weighted by atomic mass is 10.3. The second-order valence-electron chi connectivity index (χ2n) is 4.70. The first-order chi connectivity index (χ1) is 8.82. The SMILES string of the molecule is CN(C)S(=O)(=O)c1cc(NC(=O)C2CC2)ccc1Cl. The molecular formula is C12H15ClN2O3S. The molecule has 1 amide bonds. The fourth-order valence-corrected chi connectivity index (χ4v) is 2.96. The molecule has 19 heavy (non-hydrogen) atoms. The van der Waals surface area contributed by atoms with Gasteiger partial charge in [0.05, 0.1) is 5.02 Å². The van der Waals surface area contributed by atoms with Crippen molar-refractivity contribution in [1.29, 1.82) is 0 Å². The van der Waals surface area contributed by atoms with Crippen LogP contribution in [0.25, 0.3) is 0 Å². The molecule has 2 rings (SSSR count). The highest BCUT2D eigenvalue weighted by atomic mass is 35.5. The van der Waals surface area contributed by atoms with Gasteiger partial charge in [0.15, 0.2) is 0 Å². The van der Waals surface area contributed by atoms with Crippen molar-refractivity contribution >= 4 is 33.2 Å². The van der Waals surface area contributed by atoms with Crippen LogP contribution >= 0.6 is 11.6 Å². The minimum atomic E-state index is -3.62. The molecule has 0 aliphatic heterocycles. The van der Waals surface area contributed by atoms with Crippen molar-refractivity contribution in [2.45, 2.75) is 17.7 Å². The van der Waals surface area contributed by atoms with Crippen LogP contribution in [0.2, 0.25) is 5.02 Å². The number of benzene rings is 1. The van der Waals surface area contributed by atoms with Crippen LogP contribution in [0.3, 0.4) is 0 Å². The third-order valence-electron chi connectivity index (χ3n) is 2.91. The van der Waals surface area contributed by atoms with Crippen molar-refractivity contribution < 1.29 is 13.2 Å². The van der Waals surface area contributed by atoms with Crippen molar-refractivity contribution in [1.82, 2.24) is 4.31 Å². The Balaban J connectivity index is 2.31. The lowest BCUT2D eigenvalue weighted by Gasteiger charge is -2.14. The second-order valence-corrected chi connectivity index (χ2v) is 7.22. The Morgan fingerprint density at radius 1 is 1.37 bits per heavy atom. The van der Waals surface area contributed by atoms with E-state index in [-0.39, 0.29) is 21.7 Å². The van der Waals surface area contributed by atoms with Crippen molar-refractivity contribution in [3.63, 3.8) is 0 Å². The number of amides is 1. The first-order valence-electron chi connectivity index (χ1n) is 5.85. The van der Waals surface area contributed by atoms with E-state index in [0.29, 0.717) is 5.69 Å². The van der Waals surface area contributed by atoms with Gasteiger partial charge in [-0.2, -0.15) is 0 Å². The van der Waals surface area contributed by atoms with Gasteiger partial charge in [-0.3, -0.25) is 4.79 Å². The van der Waals surface area contributed by atoms with Gasteiger partial charge < -0.3 is 5.32 Å². The number of anilines is 1. The Bertz CT molecular complexity index is 609. The maximum atomic E-state index is 12.1. The molecule has 0 aromatic heterocycles. The summed E-state index contributed by atoms with van der Waals surface area (Å²) in [7, 11) is -0.757. The van der Waals surface area contributed by atoms with Gasteiger partial charge in [-0.05, 0) is 31.0 Å². The largest absolute Gasteiger partial charge is 0.326 e. The lowest BCUT2D eigenvalue weighted by Crippen LogP contribution is -2.23. The number of carbonyl (C=O) groups excluding carboxylic acids is 1. The molecule has 0 radical (unpaired) electrons. The van der Waals surface area contributed by atoms with Crippen LogP contribution < -0.4 is 5.32 Å². The van der Waals surface area contributed by atoms with Gasteiger partial charge in [0.25, 0.3) is 0 Å². The standard InChI is InChI=1S/C12H15ClN2O3S/c1-15(2)19(17,18)11-7-9(5-6-10(11)13)14-12(16)8-3-4-8/h5-8H,3-4H2,1-2H3,(H,14,16). The van der Waals surface area contributed by atoms with E-state index in [2.05, 4.69) is 5.32 Å². The number of hydrogen-bond donors (Lipinski definition) is 1. The highest BCUT2D eigenvalue weighted by Crippen LogP contribution is 2.31. The molecule has 7 heteroatoms. The highest BCUT2D eigenvalue weighted by molar-refractivity contribution is 7.89. The summed E-state index contributed by atoms with van der Waals surface area (Å²) in [5.74, 6) is -0.0138. The Morgan fingerprint density at radius 2 is 2.00 bits per heavy atom. The number of sulfonamides is 1. The molecule has 1 aromatic carbocycles. The minimum absolute atomic E-state index is 0.00670. The van der Waals surface area contributed by atoms with Gasteiger partial charge in [0.1, 0.15) is 4.90 Å². The zero-order valence-corrected chi connectivity index (χ0v) is 12.3. The first kappa shape index (κ1) is 14.3. The molecule has 104 valence electrons. The maximum Gasteiger partial charge on any atom is 0.244 e. The number of halogens is 1. The molecule has 0 atom stereocenters. The summed E-state index contributed by atoms with van der Waals surface area (Å²) in [6.45, 7) is 0. The van der Waals surface area contributed by atoms with Crippen LogP contribution in [0.15, 0.2) is 23.1 Å². The van der Waals surface area contributed by atoms with E-state index in [1.807, 2.05) is 0 Å². The summed E-state index contributed by atoms with van der Waals surface area (Å²) in [6, 6.07) is 4.45. The Kier molecular flexibility index (Phi) is 3.85. The predicted molar refractivity (Wildman–Crippen MR) is 73.7 cm³/mol. The Hall–Kier alpha value is -1.11. The molecule has 0 heterocycles. The van der Waals surface area contributed by atoms with E-state index in [9.17, 15) is 13.2 Å². The van der Waals surface area contributed by atoms with Crippen molar-refractivity contribution in [2.75, 3.05) is 19.4 Å². The topological polar surface area (TPSA) is 66.5 Å². The molecule has 1 fully saturated rings. The summed E-state index contributed by atoms with van der Waals surface area (Å²) in [5, 5.41) is 2.84. The van der Waals surface area contributed by atoms with Gasteiger partial charge in [-0.15, -0.1) is 0 Å². The van der Waals surface area contributed by atoms with Crippen molar-refractivity contribution in [2.24, 2.45) is 5.92 Å². The Morgan fingerprint density at radius 3 is 2.53 bits per heavy atom. The summed E-state index contributed by atoms with van der Waals surface area (Å²) in [5.41, 5.74) is 0.446. The summed E-state index contributed by atoms with van der Waals surface area (Å²) in [4.78, 5) is 11.6. The molecule has 1 N–H and O–H groups in total. The normalized spacial score (nSPS) is 15.6. The highest BCUT2D eigenvalue weighted by Gasteiger charge is 2.30. The first-order valence-corrected chi connectivity index (χ1v) is 7.67. The molecule has 0 bridgehead atoms. The number of rotatable bonds is 4. The summed E-state index contributed by atoms with van der Waals surface area (Å²) >= 11 is 5.92. The fraction of sp³-hybridized carbons (Fsp3) is 0.417. The summed E-state index contributed by atoms with van der Waals surface area (Å²) in [6.07, 6.45) is 1.78. The third-order valence-corrected chi connectivity index (χ3v) is 5.20. The average molecular weight is 303 g/mol. The molecule has 5 nitrogen and oxygen atoms in total. The van der Waals surface area contributed by atoms with Crippen LogP contribution in [-0.4, -0.2) is 32.7 Å². The zero-order chi connectivity index (χ0) is 14.2. The minimum Gasteiger partial charge on any atom is -0.326 e. The second kappa shape index (κ2) is 5.11. The van der Waals surface area contributed by atoms with Crippen molar-refractivity contribution in [3.8, 4) is 0 Å². The molecule has 1 aliphatic carbocycles. The van der Waals surface area contributed by atoms with Crippen LogP contribution in [-0.2, 0) is 14.8 Å². The average Bonchev–Trinajstić information content (AvgIpc) is 3.15. The van der Waals surface area contributed by atoms with E-state index < -0.39 is 10.0 Å². The van der Waals surface area contributed by atoms with Crippen LogP contribution in [0.5, 0.6) is 0 Å². The lowest BCUT2D eigenvalue weighted by molar-refractivity contribution is -0.117. The predicted octanol–water partition coefficient (Wildman–Crippen LogP) is 1.94. The van der Waals surface area contributed by atoms with E-state index in [4.69, 9.17) is 11.6 Å². The van der Waals surface area contributed by atoms with E-state index in [0.717, 1.165) is 17.1 Å². The quantitative estimate of drug-likeness (QED) is 0.924. The van der Waals surface area contributed by atoms with E-state index >= 15 is 0 Å². The summed E-state index contributed by atoms with van der Waals surface area (Å²) < 4.78 is 25.2. The molecule has 0 saturated heterocycles. The number of carbonyl (C=O) groups is 1. The molecule has 1 saturated carbocycles.